The van der Waals surface area contributed by atoms with Crippen LogP contribution in [0.3, 0.4) is 0 Å². The summed E-state index contributed by atoms with van der Waals surface area (Å²) in [4.78, 5) is 5.06. The van der Waals surface area contributed by atoms with Gasteiger partial charge in [0, 0.05) is 15.0 Å². The van der Waals surface area contributed by atoms with Gasteiger partial charge in [0.15, 0.2) is 0 Å². The van der Waals surface area contributed by atoms with Gasteiger partial charge in [0.1, 0.15) is 5.57 Å². The standard InChI is InChI=1S/C22H21N2P/c1-16-14-20-21(15-17(16)2)24(3)22(23-20)25(18-10-6-4-7-11-18)19-12-8-5-9-13-19/h4-15H,1-3H3. The molecule has 0 saturated heterocycles. The zero-order chi connectivity index (χ0) is 17.4. The van der Waals surface area contributed by atoms with Crippen molar-refractivity contribution < 1.29 is 0 Å². The summed E-state index contributed by atoms with van der Waals surface area (Å²) < 4.78 is 2.27. The van der Waals surface area contributed by atoms with E-state index in [2.05, 4.69) is 98.3 Å². The van der Waals surface area contributed by atoms with E-state index in [1.165, 1.54) is 27.3 Å². The number of imidazole rings is 1. The molecule has 0 amide bonds. The normalized spacial score (nSPS) is 11.4. The number of rotatable bonds is 3. The molecule has 0 spiro atoms. The van der Waals surface area contributed by atoms with Gasteiger partial charge in [0.2, 0.25) is 0 Å². The van der Waals surface area contributed by atoms with Gasteiger partial charge < -0.3 is 4.57 Å². The summed E-state index contributed by atoms with van der Waals surface area (Å²) in [6.45, 7) is 4.32. The highest BCUT2D eigenvalue weighted by atomic mass is 31.1. The first kappa shape index (κ1) is 16.1. The van der Waals surface area contributed by atoms with Gasteiger partial charge in [-0.05, 0) is 47.7 Å². The Hall–Kier alpha value is -2.44. The van der Waals surface area contributed by atoms with Crippen molar-refractivity contribution in [1.82, 2.24) is 9.55 Å². The first-order chi connectivity index (χ1) is 12.1. The van der Waals surface area contributed by atoms with Crippen molar-refractivity contribution in [2.24, 2.45) is 7.05 Å². The molecule has 4 aromatic rings. The maximum absolute atomic E-state index is 5.06. The minimum Gasteiger partial charge on any atom is -0.327 e. The van der Waals surface area contributed by atoms with Crippen molar-refractivity contribution >= 4 is 35.1 Å². The third-order valence-electron chi connectivity index (χ3n) is 4.70. The topological polar surface area (TPSA) is 17.8 Å². The largest absolute Gasteiger partial charge is 0.327 e. The van der Waals surface area contributed by atoms with E-state index in [9.17, 15) is 0 Å². The monoisotopic (exact) mass is 344 g/mol. The van der Waals surface area contributed by atoms with Gasteiger partial charge in [0.25, 0.3) is 0 Å². The first-order valence-electron chi connectivity index (χ1n) is 8.49. The summed E-state index contributed by atoms with van der Waals surface area (Å²) in [5.74, 6) is 0. The molecule has 0 aliphatic carbocycles. The fourth-order valence-corrected chi connectivity index (χ4v) is 5.48. The molecule has 124 valence electrons. The predicted octanol–water partition coefficient (Wildman–Crippen LogP) is 3.95. The average Bonchev–Trinajstić information content (AvgIpc) is 2.94. The van der Waals surface area contributed by atoms with Crippen LogP contribution in [-0.4, -0.2) is 9.55 Å². The highest BCUT2D eigenvalue weighted by molar-refractivity contribution is 7.79. The second-order valence-electron chi connectivity index (χ2n) is 6.40. The van der Waals surface area contributed by atoms with Crippen LogP contribution >= 0.6 is 7.92 Å². The van der Waals surface area contributed by atoms with Crippen molar-refractivity contribution in [3.8, 4) is 0 Å². The van der Waals surface area contributed by atoms with Crippen LogP contribution in [0.25, 0.3) is 11.0 Å². The maximum Gasteiger partial charge on any atom is 0.141 e. The number of nitrogens with zero attached hydrogens (tertiary/aromatic N) is 2. The van der Waals surface area contributed by atoms with Crippen molar-refractivity contribution in [2.45, 2.75) is 13.8 Å². The van der Waals surface area contributed by atoms with E-state index in [-0.39, 0.29) is 0 Å². The fourth-order valence-electron chi connectivity index (χ4n) is 3.17. The highest BCUT2D eigenvalue weighted by Gasteiger charge is 2.22. The molecule has 0 aliphatic rings. The Bertz CT molecular complexity index is 981. The Kier molecular flexibility index (Phi) is 4.15. The molecule has 1 aromatic heterocycles. The number of fused-ring (bicyclic) bond motifs is 1. The number of aryl methyl sites for hydroxylation is 3. The molecule has 0 fully saturated rings. The van der Waals surface area contributed by atoms with Crippen LogP contribution in [0.1, 0.15) is 11.1 Å². The molecule has 25 heavy (non-hydrogen) atoms. The summed E-state index contributed by atoms with van der Waals surface area (Å²) >= 11 is 0. The van der Waals surface area contributed by atoms with Crippen LogP contribution in [0.5, 0.6) is 0 Å². The third kappa shape index (κ3) is 2.88. The second kappa shape index (κ2) is 6.46. The Morgan fingerprint density at radius 1 is 0.760 bits per heavy atom. The molecule has 4 rings (SSSR count). The molecule has 3 aromatic carbocycles. The molecular formula is C22H21N2P. The van der Waals surface area contributed by atoms with Gasteiger partial charge in [-0.25, -0.2) is 4.98 Å². The van der Waals surface area contributed by atoms with Gasteiger partial charge in [-0.15, -0.1) is 0 Å². The fraction of sp³-hybridized carbons (Fsp3) is 0.136. The van der Waals surface area contributed by atoms with E-state index in [0.29, 0.717) is 0 Å². The van der Waals surface area contributed by atoms with Gasteiger partial charge >= 0.3 is 0 Å². The van der Waals surface area contributed by atoms with Crippen molar-refractivity contribution in [3.63, 3.8) is 0 Å². The molecule has 2 nitrogen and oxygen atoms in total. The van der Waals surface area contributed by atoms with Crippen molar-refractivity contribution in [1.29, 1.82) is 0 Å². The smallest absolute Gasteiger partial charge is 0.141 e. The minimum absolute atomic E-state index is 0.681. The lowest BCUT2D eigenvalue weighted by Crippen LogP contribution is -2.26. The van der Waals surface area contributed by atoms with E-state index in [1.54, 1.807) is 0 Å². The molecule has 0 atom stereocenters. The molecular weight excluding hydrogens is 323 g/mol. The van der Waals surface area contributed by atoms with Gasteiger partial charge in [-0.3, -0.25) is 0 Å². The molecule has 0 saturated carbocycles. The van der Waals surface area contributed by atoms with E-state index < -0.39 is 7.92 Å². The molecule has 0 unspecified atom stereocenters. The summed E-state index contributed by atoms with van der Waals surface area (Å²) in [5, 5.41) is 2.66. The van der Waals surface area contributed by atoms with Gasteiger partial charge in [-0.2, -0.15) is 0 Å². The number of aromatic nitrogens is 2. The number of hydrogen-bond donors (Lipinski definition) is 0. The SMILES string of the molecule is Cc1cc2nc(P(c3ccccc3)c3ccccc3)n(C)c2cc1C. The van der Waals surface area contributed by atoms with Crippen molar-refractivity contribution in [2.75, 3.05) is 0 Å². The third-order valence-corrected chi connectivity index (χ3v) is 7.13. The van der Waals surface area contributed by atoms with E-state index in [4.69, 9.17) is 4.98 Å². The summed E-state index contributed by atoms with van der Waals surface area (Å²) in [6, 6.07) is 25.9. The van der Waals surface area contributed by atoms with Gasteiger partial charge in [-0.1, -0.05) is 60.7 Å². The zero-order valence-electron chi connectivity index (χ0n) is 14.8. The van der Waals surface area contributed by atoms with Crippen LogP contribution in [0, 0.1) is 13.8 Å². The van der Waals surface area contributed by atoms with Crippen LogP contribution in [0.2, 0.25) is 0 Å². The molecule has 3 heteroatoms. The van der Waals surface area contributed by atoms with E-state index >= 15 is 0 Å². The quantitative estimate of drug-likeness (QED) is 0.515. The lowest BCUT2D eigenvalue weighted by Gasteiger charge is -2.18. The summed E-state index contributed by atoms with van der Waals surface area (Å²) in [6.07, 6.45) is 0. The van der Waals surface area contributed by atoms with E-state index in [1.807, 2.05) is 0 Å². The predicted molar refractivity (Wildman–Crippen MR) is 109 cm³/mol. The van der Waals surface area contributed by atoms with Crippen LogP contribution < -0.4 is 16.2 Å². The Morgan fingerprint density at radius 2 is 1.28 bits per heavy atom. The van der Waals surface area contributed by atoms with E-state index in [0.717, 1.165) is 11.1 Å². The minimum atomic E-state index is -0.681. The number of benzene rings is 3. The lowest BCUT2D eigenvalue weighted by atomic mass is 10.1. The van der Waals surface area contributed by atoms with Gasteiger partial charge in [0.05, 0.1) is 11.0 Å². The molecule has 0 radical (unpaired) electrons. The Labute approximate surface area is 149 Å². The van der Waals surface area contributed by atoms with Crippen LogP contribution in [-0.2, 0) is 7.05 Å². The average molecular weight is 344 g/mol. The molecule has 0 bridgehead atoms. The van der Waals surface area contributed by atoms with Crippen molar-refractivity contribution in [3.05, 3.63) is 83.9 Å². The Morgan fingerprint density at radius 3 is 1.84 bits per heavy atom. The first-order valence-corrected chi connectivity index (χ1v) is 9.83. The summed E-state index contributed by atoms with van der Waals surface area (Å²) in [5.41, 5.74) is 6.04. The lowest BCUT2D eigenvalue weighted by molar-refractivity contribution is 0.989. The highest BCUT2D eigenvalue weighted by Crippen LogP contribution is 2.33. The van der Waals surface area contributed by atoms with Crippen LogP contribution in [0.15, 0.2) is 72.8 Å². The number of hydrogen-bond acceptors (Lipinski definition) is 1. The molecule has 0 aliphatic heterocycles. The summed E-state index contributed by atoms with van der Waals surface area (Å²) in [7, 11) is 1.46. The molecule has 0 N–H and O–H groups in total. The van der Waals surface area contributed by atoms with Crippen LogP contribution in [0.4, 0.5) is 0 Å². The molecule has 1 heterocycles. The maximum atomic E-state index is 5.06. The zero-order valence-corrected chi connectivity index (χ0v) is 15.7. The second-order valence-corrected chi connectivity index (χ2v) is 8.51. The Balaban J connectivity index is 1.97.